The maximum Gasteiger partial charge on any atom is 0.418 e. The summed E-state index contributed by atoms with van der Waals surface area (Å²) in [7, 11) is 0. The Balaban J connectivity index is 2.34. The van der Waals surface area contributed by atoms with Crippen LogP contribution in [0.5, 0.6) is 0 Å². The molecule has 1 aromatic heterocycles. The average molecular weight is 369 g/mol. The third kappa shape index (κ3) is 3.00. The topological polar surface area (TPSA) is 42.0 Å². The Labute approximate surface area is 135 Å². The third-order valence-electron chi connectivity index (χ3n) is 3.49. The number of amides is 1. The lowest BCUT2D eigenvalue weighted by Crippen LogP contribution is -2.15. The van der Waals surface area contributed by atoms with Gasteiger partial charge < -0.3 is 5.32 Å². The van der Waals surface area contributed by atoms with Crippen molar-refractivity contribution >= 4 is 34.1 Å². The molecule has 3 rings (SSSR count). The van der Waals surface area contributed by atoms with Crippen LogP contribution in [0.2, 0.25) is 5.02 Å². The second-order valence-corrected chi connectivity index (χ2v) is 5.69. The fourth-order valence-corrected chi connectivity index (χ4v) is 2.93. The fourth-order valence-electron chi connectivity index (χ4n) is 2.66. The molecular formula is C14H7ClF6N2O. The van der Waals surface area contributed by atoms with Crippen molar-refractivity contribution in [2.75, 3.05) is 5.32 Å². The minimum atomic E-state index is -4.90. The molecule has 0 aliphatic carbocycles. The van der Waals surface area contributed by atoms with Gasteiger partial charge in [-0.1, -0.05) is 11.6 Å². The maximum atomic E-state index is 13.5. The number of carbonyl (C=O) groups is 1. The zero-order valence-corrected chi connectivity index (χ0v) is 12.3. The summed E-state index contributed by atoms with van der Waals surface area (Å²) in [5.41, 5.74) is -2.95. The van der Waals surface area contributed by atoms with Gasteiger partial charge in [0.05, 0.1) is 34.6 Å². The van der Waals surface area contributed by atoms with Crippen LogP contribution >= 0.6 is 11.6 Å². The first kappa shape index (κ1) is 16.8. The maximum absolute atomic E-state index is 13.5. The number of aromatic nitrogens is 1. The Hall–Kier alpha value is -2.03. The summed E-state index contributed by atoms with van der Waals surface area (Å²) >= 11 is 5.86. The molecule has 0 saturated heterocycles. The number of benzene rings is 1. The Morgan fingerprint density at radius 2 is 1.83 bits per heavy atom. The van der Waals surface area contributed by atoms with Gasteiger partial charge in [0.15, 0.2) is 0 Å². The summed E-state index contributed by atoms with van der Waals surface area (Å²) in [6.07, 6.45) is -11.6. The quantitative estimate of drug-likeness (QED) is 0.753. The van der Waals surface area contributed by atoms with Crippen LogP contribution in [0.25, 0.3) is 10.9 Å². The van der Waals surface area contributed by atoms with Crippen LogP contribution in [0.3, 0.4) is 0 Å². The predicted octanol–water partition coefficient (Wildman–Crippen LogP) is 4.51. The highest BCUT2D eigenvalue weighted by molar-refractivity contribution is 6.35. The molecule has 128 valence electrons. The molecular weight excluding hydrogens is 362 g/mol. The van der Waals surface area contributed by atoms with Gasteiger partial charge in [-0.2, -0.15) is 26.3 Å². The van der Waals surface area contributed by atoms with E-state index in [1.807, 2.05) is 0 Å². The van der Waals surface area contributed by atoms with Crippen LogP contribution in [0.4, 0.5) is 32.0 Å². The molecule has 0 saturated carbocycles. The summed E-state index contributed by atoms with van der Waals surface area (Å²) in [6, 6.07) is 2.07. The summed E-state index contributed by atoms with van der Waals surface area (Å²) in [6.45, 7) is 0. The number of carbonyl (C=O) groups excluding carboxylic acids is 1. The van der Waals surface area contributed by atoms with Gasteiger partial charge >= 0.3 is 12.4 Å². The molecule has 1 N–H and O–H groups in total. The molecule has 0 unspecified atom stereocenters. The number of fused-ring (bicyclic) bond motifs is 2. The van der Waals surface area contributed by atoms with E-state index in [4.69, 9.17) is 11.6 Å². The van der Waals surface area contributed by atoms with Gasteiger partial charge in [0.1, 0.15) is 0 Å². The van der Waals surface area contributed by atoms with Gasteiger partial charge in [0, 0.05) is 11.1 Å². The largest absolute Gasteiger partial charge is 0.418 e. The summed E-state index contributed by atoms with van der Waals surface area (Å²) in [5.74, 6) is -0.641. The van der Waals surface area contributed by atoms with Crippen LogP contribution in [0, 0.1) is 0 Å². The van der Waals surface area contributed by atoms with Crippen LogP contribution in [0.15, 0.2) is 12.1 Å². The highest BCUT2D eigenvalue weighted by atomic mass is 35.5. The summed E-state index contributed by atoms with van der Waals surface area (Å²) < 4.78 is 77.9. The second kappa shape index (κ2) is 5.23. The Kier molecular flexibility index (Phi) is 3.67. The van der Waals surface area contributed by atoms with E-state index in [-0.39, 0.29) is 21.7 Å². The first-order chi connectivity index (χ1) is 11.0. The van der Waals surface area contributed by atoms with Crippen LogP contribution in [-0.2, 0) is 23.8 Å². The molecule has 1 amide bonds. The van der Waals surface area contributed by atoms with Gasteiger partial charge in [0.25, 0.3) is 0 Å². The van der Waals surface area contributed by atoms with Crippen LogP contribution < -0.4 is 5.32 Å². The number of halogens is 7. The van der Waals surface area contributed by atoms with E-state index in [9.17, 15) is 31.1 Å². The molecule has 24 heavy (non-hydrogen) atoms. The summed E-state index contributed by atoms with van der Waals surface area (Å²) in [4.78, 5) is 14.9. The second-order valence-electron chi connectivity index (χ2n) is 5.28. The lowest BCUT2D eigenvalue weighted by Gasteiger charge is -2.16. The zero-order chi connectivity index (χ0) is 17.9. The molecule has 2 heterocycles. The van der Waals surface area contributed by atoms with Crippen molar-refractivity contribution in [2.45, 2.75) is 25.2 Å². The number of alkyl halides is 6. The van der Waals surface area contributed by atoms with Gasteiger partial charge in [-0.25, -0.2) is 0 Å². The Morgan fingerprint density at radius 1 is 1.17 bits per heavy atom. The van der Waals surface area contributed by atoms with Crippen molar-refractivity contribution in [2.24, 2.45) is 0 Å². The zero-order valence-electron chi connectivity index (χ0n) is 11.6. The van der Waals surface area contributed by atoms with E-state index in [1.165, 1.54) is 6.07 Å². The first-order valence-corrected chi connectivity index (χ1v) is 6.92. The van der Waals surface area contributed by atoms with E-state index < -0.39 is 47.9 Å². The number of nitrogens with zero attached hydrogens (tertiary/aromatic N) is 1. The standard InChI is InChI=1S/C14H7ClF6N2O/c15-8-1-5(4-13(16,17)18)22-12-6(8)2-9-7(3-10(24)23-9)11(12)14(19,20)21/h1-2H,3-4H2,(H,23,24). The molecule has 0 bridgehead atoms. The minimum Gasteiger partial charge on any atom is -0.325 e. The van der Waals surface area contributed by atoms with Crippen LogP contribution in [0.1, 0.15) is 16.8 Å². The molecule has 2 aromatic rings. The average Bonchev–Trinajstić information content (AvgIpc) is 2.72. The molecule has 10 heteroatoms. The van der Waals surface area contributed by atoms with E-state index in [2.05, 4.69) is 10.3 Å². The van der Waals surface area contributed by atoms with Crippen molar-refractivity contribution in [1.29, 1.82) is 0 Å². The molecule has 0 atom stereocenters. The van der Waals surface area contributed by atoms with Gasteiger partial charge in [-0.05, 0) is 17.7 Å². The number of hydrogen-bond donors (Lipinski definition) is 1. The van der Waals surface area contributed by atoms with E-state index in [1.54, 1.807) is 0 Å². The lowest BCUT2D eigenvalue weighted by molar-refractivity contribution is -0.136. The molecule has 1 aliphatic rings. The molecule has 0 spiro atoms. The van der Waals surface area contributed by atoms with E-state index in [0.29, 0.717) is 0 Å². The normalized spacial score (nSPS) is 14.9. The van der Waals surface area contributed by atoms with Crippen molar-refractivity contribution < 1.29 is 31.1 Å². The number of nitrogens with one attached hydrogen (secondary N) is 1. The van der Waals surface area contributed by atoms with E-state index in [0.717, 1.165) is 6.07 Å². The molecule has 0 fully saturated rings. The van der Waals surface area contributed by atoms with Crippen molar-refractivity contribution in [3.05, 3.63) is 34.0 Å². The third-order valence-corrected chi connectivity index (χ3v) is 3.80. The molecule has 0 radical (unpaired) electrons. The van der Waals surface area contributed by atoms with Crippen molar-refractivity contribution in [3.8, 4) is 0 Å². The van der Waals surface area contributed by atoms with Gasteiger partial charge in [0.2, 0.25) is 5.91 Å². The fraction of sp³-hybridized carbons (Fsp3) is 0.286. The monoisotopic (exact) mass is 368 g/mol. The molecule has 1 aliphatic heterocycles. The predicted molar refractivity (Wildman–Crippen MR) is 73.8 cm³/mol. The number of anilines is 1. The van der Waals surface area contributed by atoms with Gasteiger partial charge in [-0.15, -0.1) is 0 Å². The first-order valence-electron chi connectivity index (χ1n) is 6.54. The van der Waals surface area contributed by atoms with Crippen molar-refractivity contribution in [1.82, 2.24) is 4.98 Å². The SMILES string of the molecule is O=C1Cc2c(cc3c(Cl)cc(CC(F)(F)F)nc3c2C(F)(F)F)N1. The number of pyridine rings is 1. The lowest BCUT2D eigenvalue weighted by atomic mass is 9.99. The Bertz CT molecular complexity index is 859. The highest BCUT2D eigenvalue weighted by Crippen LogP contribution is 2.44. The molecule has 1 aromatic carbocycles. The highest BCUT2D eigenvalue weighted by Gasteiger charge is 2.40. The van der Waals surface area contributed by atoms with E-state index >= 15 is 0 Å². The molecule has 3 nitrogen and oxygen atoms in total. The summed E-state index contributed by atoms with van der Waals surface area (Å²) in [5, 5.41) is 1.81. The number of hydrogen-bond acceptors (Lipinski definition) is 2. The van der Waals surface area contributed by atoms with Gasteiger partial charge in [-0.3, -0.25) is 9.78 Å². The van der Waals surface area contributed by atoms with Crippen molar-refractivity contribution in [3.63, 3.8) is 0 Å². The Morgan fingerprint density at radius 3 is 2.42 bits per heavy atom. The van der Waals surface area contributed by atoms with Crippen LogP contribution in [-0.4, -0.2) is 17.1 Å². The number of rotatable bonds is 1. The smallest absolute Gasteiger partial charge is 0.325 e. The minimum absolute atomic E-state index is 0.0629.